The first-order valence-corrected chi connectivity index (χ1v) is 9.15. The predicted molar refractivity (Wildman–Crippen MR) is 98.6 cm³/mol. The largest absolute Gasteiger partial charge is 0.381 e. The summed E-state index contributed by atoms with van der Waals surface area (Å²) >= 11 is 1.86. The number of thioether (sulfide) groups is 1. The molecule has 1 amide bonds. The van der Waals surface area contributed by atoms with Gasteiger partial charge in [-0.2, -0.15) is 0 Å². The lowest BCUT2D eigenvalue weighted by Crippen LogP contribution is -2.44. The maximum absolute atomic E-state index is 12.5. The summed E-state index contributed by atoms with van der Waals surface area (Å²) < 4.78 is 5.54. The van der Waals surface area contributed by atoms with E-state index in [-0.39, 0.29) is 10.7 Å². The highest BCUT2D eigenvalue weighted by Gasteiger charge is 2.34. The third-order valence-corrected chi connectivity index (χ3v) is 5.83. The fraction of sp³-hybridized carbons (Fsp3) is 0.350. The molecule has 4 heteroatoms. The van der Waals surface area contributed by atoms with Gasteiger partial charge < -0.3 is 10.1 Å². The van der Waals surface area contributed by atoms with Gasteiger partial charge in [0.1, 0.15) is 0 Å². The standard InChI is InChI=1S/C20H23NO2S/c1-16-6-5-7-17(14-16)19(22)21-15-20(10-12-23-13-11-20)24-18-8-3-2-4-9-18/h2-9,14H,10-13,15H2,1H3,(H,21,22). The van der Waals surface area contributed by atoms with Crippen LogP contribution in [-0.4, -0.2) is 30.4 Å². The van der Waals surface area contributed by atoms with Gasteiger partial charge >= 0.3 is 0 Å². The van der Waals surface area contributed by atoms with Crippen LogP contribution in [0.15, 0.2) is 59.5 Å². The Morgan fingerprint density at radius 1 is 1.12 bits per heavy atom. The topological polar surface area (TPSA) is 38.3 Å². The van der Waals surface area contributed by atoms with Crippen molar-refractivity contribution in [2.75, 3.05) is 19.8 Å². The fourth-order valence-electron chi connectivity index (χ4n) is 2.93. The molecule has 0 unspecified atom stereocenters. The summed E-state index contributed by atoms with van der Waals surface area (Å²) in [7, 11) is 0. The van der Waals surface area contributed by atoms with Crippen molar-refractivity contribution in [3.63, 3.8) is 0 Å². The number of hydrogen-bond acceptors (Lipinski definition) is 3. The van der Waals surface area contributed by atoms with Crippen LogP contribution < -0.4 is 5.32 Å². The van der Waals surface area contributed by atoms with E-state index in [2.05, 4.69) is 29.6 Å². The molecule has 1 aliphatic rings. The normalized spacial score (nSPS) is 16.5. The Morgan fingerprint density at radius 2 is 1.88 bits per heavy atom. The van der Waals surface area contributed by atoms with E-state index in [1.807, 2.05) is 49.0 Å². The minimum atomic E-state index is -0.00164. The van der Waals surface area contributed by atoms with Crippen molar-refractivity contribution in [1.29, 1.82) is 0 Å². The van der Waals surface area contributed by atoms with Gasteiger partial charge in [-0.15, -0.1) is 11.8 Å². The summed E-state index contributed by atoms with van der Waals surface area (Å²) in [6.07, 6.45) is 1.89. The van der Waals surface area contributed by atoms with Crippen molar-refractivity contribution in [3.05, 3.63) is 65.7 Å². The molecule has 0 aromatic heterocycles. The molecule has 24 heavy (non-hydrogen) atoms. The van der Waals surface area contributed by atoms with Crippen LogP contribution in [0.2, 0.25) is 0 Å². The minimum absolute atomic E-state index is 0.000904. The lowest BCUT2D eigenvalue weighted by molar-refractivity contribution is 0.0741. The highest BCUT2D eigenvalue weighted by Crippen LogP contribution is 2.40. The zero-order valence-corrected chi connectivity index (χ0v) is 14.8. The molecule has 0 saturated carbocycles. The fourth-order valence-corrected chi connectivity index (χ4v) is 4.23. The van der Waals surface area contributed by atoms with E-state index in [0.717, 1.165) is 37.2 Å². The molecule has 1 N–H and O–H groups in total. The molecule has 3 rings (SSSR count). The summed E-state index contributed by atoms with van der Waals surface area (Å²) in [6, 6.07) is 18.1. The number of ether oxygens (including phenoxy) is 1. The van der Waals surface area contributed by atoms with Crippen molar-refractivity contribution in [1.82, 2.24) is 5.32 Å². The molecule has 3 nitrogen and oxygen atoms in total. The summed E-state index contributed by atoms with van der Waals surface area (Å²) in [5.74, 6) is -0.00164. The third kappa shape index (κ3) is 4.40. The molecule has 1 heterocycles. The van der Waals surface area contributed by atoms with Crippen LogP contribution in [0.3, 0.4) is 0 Å². The molecule has 0 radical (unpaired) electrons. The molecule has 126 valence electrons. The van der Waals surface area contributed by atoms with Crippen molar-refractivity contribution in [2.24, 2.45) is 0 Å². The van der Waals surface area contributed by atoms with Crippen LogP contribution in [0.5, 0.6) is 0 Å². The first-order valence-electron chi connectivity index (χ1n) is 8.34. The SMILES string of the molecule is Cc1cccc(C(=O)NCC2(Sc3ccccc3)CCOCC2)c1. The maximum atomic E-state index is 12.5. The van der Waals surface area contributed by atoms with Crippen LogP contribution in [0.4, 0.5) is 0 Å². The van der Waals surface area contributed by atoms with E-state index in [9.17, 15) is 4.79 Å². The smallest absolute Gasteiger partial charge is 0.251 e. The molecule has 0 spiro atoms. The van der Waals surface area contributed by atoms with Gasteiger partial charge in [0.2, 0.25) is 0 Å². The van der Waals surface area contributed by atoms with Gasteiger partial charge in [-0.05, 0) is 44.0 Å². The Bertz CT molecular complexity index is 681. The molecular formula is C20H23NO2S. The van der Waals surface area contributed by atoms with E-state index in [4.69, 9.17) is 4.74 Å². The molecule has 1 aliphatic heterocycles. The average molecular weight is 341 g/mol. The van der Waals surface area contributed by atoms with E-state index in [1.165, 1.54) is 4.90 Å². The lowest BCUT2D eigenvalue weighted by Gasteiger charge is -2.36. The van der Waals surface area contributed by atoms with E-state index < -0.39 is 0 Å². The second kappa shape index (κ2) is 7.86. The van der Waals surface area contributed by atoms with Crippen LogP contribution in [-0.2, 0) is 4.74 Å². The number of rotatable bonds is 5. The van der Waals surface area contributed by atoms with Gasteiger partial charge in [-0.1, -0.05) is 35.9 Å². The maximum Gasteiger partial charge on any atom is 0.251 e. The molecule has 0 bridgehead atoms. The van der Waals surface area contributed by atoms with Crippen LogP contribution in [0, 0.1) is 6.92 Å². The number of amides is 1. The monoisotopic (exact) mass is 341 g/mol. The molecule has 1 saturated heterocycles. The van der Waals surface area contributed by atoms with Gasteiger partial charge in [0, 0.05) is 35.0 Å². The Balaban J connectivity index is 1.69. The molecule has 0 aliphatic carbocycles. The first-order chi connectivity index (χ1) is 11.7. The number of carbonyl (C=O) groups is 1. The van der Waals surface area contributed by atoms with Gasteiger partial charge in [0.25, 0.3) is 5.91 Å². The lowest BCUT2D eigenvalue weighted by atomic mass is 9.98. The van der Waals surface area contributed by atoms with Crippen molar-refractivity contribution in [2.45, 2.75) is 29.4 Å². The Morgan fingerprint density at radius 3 is 2.58 bits per heavy atom. The second-order valence-electron chi connectivity index (χ2n) is 6.26. The van der Waals surface area contributed by atoms with Gasteiger partial charge in [0.15, 0.2) is 0 Å². The van der Waals surface area contributed by atoms with Crippen LogP contribution in [0.1, 0.15) is 28.8 Å². The predicted octanol–water partition coefficient (Wildman–Crippen LogP) is 4.07. The third-order valence-electron chi connectivity index (χ3n) is 4.33. The minimum Gasteiger partial charge on any atom is -0.381 e. The van der Waals surface area contributed by atoms with E-state index in [0.29, 0.717) is 6.54 Å². The average Bonchev–Trinajstić information content (AvgIpc) is 2.61. The van der Waals surface area contributed by atoms with Gasteiger partial charge in [0.05, 0.1) is 0 Å². The number of aryl methyl sites for hydroxylation is 1. The highest BCUT2D eigenvalue weighted by molar-refractivity contribution is 8.00. The molecule has 2 aromatic carbocycles. The van der Waals surface area contributed by atoms with E-state index >= 15 is 0 Å². The summed E-state index contributed by atoms with van der Waals surface area (Å²) in [5.41, 5.74) is 1.82. The molecule has 0 atom stereocenters. The zero-order chi connectivity index (χ0) is 16.8. The van der Waals surface area contributed by atoms with Crippen molar-refractivity contribution < 1.29 is 9.53 Å². The summed E-state index contributed by atoms with van der Waals surface area (Å²) in [5, 5.41) is 3.14. The van der Waals surface area contributed by atoms with Crippen LogP contribution in [0.25, 0.3) is 0 Å². The summed E-state index contributed by atoms with van der Waals surface area (Å²) in [6.45, 7) is 4.16. The Kier molecular flexibility index (Phi) is 5.59. The zero-order valence-electron chi connectivity index (χ0n) is 14.0. The number of nitrogens with one attached hydrogen (secondary N) is 1. The van der Waals surface area contributed by atoms with Crippen LogP contribution >= 0.6 is 11.8 Å². The van der Waals surface area contributed by atoms with Crippen molar-refractivity contribution >= 4 is 17.7 Å². The highest BCUT2D eigenvalue weighted by atomic mass is 32.2. The van der Waals surface area contributed by atoms with Crippen molar-refractivity contribution in [3.8, 4) is 0 Å². The Labute approximate surface area is 147 Å². The summed E-state index contributed by atoms with van der Waals surface area (Å²) in [4.78, 5) is 13.7. The number of carbonyl (C=O) groups excluding carboxylic acids is 1. The first kappa shape index (κ1) is 17.1. The molecule has 1 fully saturated rings. The van der Waals surface area contributed by atoms with Gasteiger partial charge in [-0.25, -0.2) is 0 Å². The Hall–Kier alpha value is -1.78. The number of benzene rings is 2. The quantitative estimate of drug-likeness (QED) is 0.891. The van der Waals surface area contributed by atoms with Gasteiger partial charge in [-0.3, -0.25) is 4.79 Å². The second-order valence-corrected chi connectivity index (χ2v) is 7.80. The number of hydrogen-bond donors (Lipinski definition) is 1. The molecule has 2 aromatic rings. The van der Waals surface area contributed by atoms with E-state index in [1.54, 1.807) is 0 Å². The molecular weight excluding hydrogens is 318 g/mol.